The second kappa shape index (κ2) is 86.6. The Morgan fingerprint density at radius 3 is 0.615 bits per heavy atom. The maximum absolute atomic E-state index is 6.12. The predicted octanol–water partition coefficient (Wildman–Crippen LogP) is 45.9. The van der Waals surface area contributed by atoms with Gasteiger partial charge in [-0.25, -0.2) is 9.78 Å². The fraction of sp³-hybridized carbons (Fsp3) is 1.00. The van der Waals surface area contributed by atoms with Gasteiger partial charge in [-0.1, -0.05) is 402 Å². The zero-order valence-corrected chi connectivity index (χ0v) is 117. The Labute approximate surface area is 963 Å². The van der Waals surface area contributed by atoms with Crippen LogP contribution >= 0.6 is 70.6 Å². The molecule has 0 radical (unpaired) electrons. The van der Waals surface area contributed by atoms with Crippen molar-refractivity contribution < 1.29 is 33.5 Å². The second-order valence-corrected chi connectivity index (χ2v) is 68.7. The predicted molar refractivity (Wildman–Crippen MR) is 692 cm³/mol. The highest BCUT2D eigenvalue weighted by Gasteiger charge is 2.41. The van der Waals surface area contributed by atoms with E-state index in [4.69, 9.17) is 33.5 Å². The molecule has 0 bridgehead atoms. The summed E-state index contributed by atoms with van der Waals surface area (Å²) in [6, 6.07) is 0. The molecule has 0 N–H and O–H groups in total. The molecule has 4 atom stereocenters. The molecule has 0 aromatic rings. The third-order valence-corrected chi connectivity index (χ3v) is 40.5. The van der Waals surface area contributed by atoms with Crippen LogP contribution in [0.25, 0.3) is 0 Å². The molecule has 0 spiro atoms. The Morgan fingerprint density at radius 2 is 0.405 bits per heavy atom. The molecule has 0 saturated heterocycles. The lowest BCUT2D eigenvalue weighted by atomic mass is 9.70. The van der Waals surface area contributed by atoms with Crippen molar-refractivity contribution in [3.63, 3.8) is 0 Å². The molecule has 0 aromatic heterocycles. The second-order valence-electron chi connectivity index (χ2n) is 59.0. The molecule has 148 heavy (non-hydrogen) atoms. The van der Waals surface area contributed by atoms with Gasteiger partial charge in [-0.3, -0.25) is 0 Å². The molecule has 0 saturated carbocycles. The van der Waals surface area contributed by atoms with E-state index in [1.807, 2.05) is 0 Å². The van der Waals surface area contributed by atoms with Crippen molar-refractivity contribution in [2.75, 3.05) is 94.5 Å². The molecule has 0 amide bonds. The van der Waals surface area contributed by atoms with E-state index in [0.717, 1.165) is 121 Å². The van der Waals surface area contributed by atoms with Crippen molar-refractivity contribution in [3.8, 4) is 0 Å². The van der Waals surface area contributed by atoms with Gasteiger partial charge in [0.15, 0.2) is 0 Å². The minimum atomic E-state index is 0.217. The van der Waals surface area contributed by atoms with Gasteiger partial charge in [0.25, 0.3) is 0 Å². The van der Waals surface area contributed by atoms with Crippen molar-refractivity contribution in [2.45, 2.75) is 598 Å². The van der Waals surface area contributed by atoms with Crippen LogP contribution in [0.2, 0.25) is 0 Å². The summed E-state index contributed by atoms with van der Waals surface area (Å²) in [6.07, 6.45) is 33.3. The average Bonchev–Trinajstić information content (AvgIpc) is 0.762. The van der Waals surface area contributed by atoms with Crippen LogP contribution in [0, 0.1) is 175 Å². The highest BCUT2D eigenvalue weighted by molar-refractivity contribution is 8.17. The number of hydrogen-bond donors (Lipinski definition) is 0. The van der Waals surface area contributed by atoms with E-state index in [-0.39, 0.29) is 21.7 Å². The SMILES string of the molecule is CC(C)CC(C)(CC(C)C)SCSC(C)(CC(C)C)CC(C)C.CC(C)CC(C)(COCCOCC(C)(CC(C)C)C(C)C)C(C)C.CC(C)CC(CC(C)C)SCSC(CC(C)C)CC(C)C.CCC(CC(C)C)(CC(C)C)SCSC(CC)(CC(C)C)CC(C)C.CCC(COCCOCC(CC)(CC(C)C)C(C)C)(CC(C)C)C(C)C.CCC(COCCOOCC(CC)(CC(C)C)CC(C)C)(CC(C)C)CC(C)C. The first kappa shape index (κ1) is 160. The minimum absolute atomic E-state index is 0.217. The Morgan fingerprint density at radius 1 is 0.182 bits per heavy atom. The van der Waals surface area contributed by atoms with E-state index >= 15 is 0 Å². The molecule has 0 aliphatic rings. The molecule has 0 heterocycles. The Hall–Kier alpha value is 1.82. The van der Waals surface area contributed by atoms with Crippen molar-refractivity contribution in [3.05, 3.63) is 0 Å². The maximum atomic E-state index is 6.12. The highest BCUT2D eigenvalue weighted by Crippen LogP contribution is 2.51. The third-order valence-electron chi connectivity index (χ3n) is 31.3. The van der Waals surface area contributed by atoms with Gasteiger partial charge in [0.1, 0.15) is 6.61 Å². The molecular weight excluding hydrogens is 1930 g/mol. The number of ether oxygens (including phenoxy) is 5. The molecular formula is C135H282O7S6. The fourth-order valence-corrected chi connectivity index (χ4v) is 37.4. The maximum Gasteiger partial charge on any atom is 0.106 e. The summed E-state index contributed by atoms with van der Waals surface area (Å²) in [5.74, 6) is 17.8. The highest BCUT2D eigenvalue weighted by atomic mass is 32.2. The topological polar surface area (TPSA) is 64.6 Å². The van der Waals surface area contributed by atoms with Crippen LogP contribution in [0.3, 0.4) is 0 Å². The van der Waals surface area contributed by atoms with Gasteiger partial charge in [-0.05, 0) is 341 Å². The normalized spacial score (nSPS) is 14.8. The molecule has 0 aliphatic heterocycles. The largest absolute Gasteiger partial charge is 0.378 e. The lowest BCUT2D eigenvalue weighted by Crippen LogP contribution is -2.35. The molecule has 900 valence electrons. The van der Waals surface area contributed by atoms with E-state index < -0.39 is 0 Å². The summed E-state index contributed by atoms with van der Waals surface area (Å²) in [6.45, 7) is 145. The smallest absolute Gasteiger partial charge is 0.106 e. The fourth-order valence-electron chi connectivity index (χ4n) is 24.7. The zero-order chi connectivity index (χ0) is 116. The van der Waals surface area contributed by atoms with Gasteiger partial charge in [-0.2, -0.15) is 0 Å². The molecule has 0 fully saturated rings. The van der Waals surface area contributed by atoms with Crippen molar-refractivity contribution in [1.29, 1.82) is 0 Å². The van der Waals surface area contributed by atoms with Gasteiger partial charge in [0.2, 0.25) is 0 Å². The van der Waals surface area contributed by atoms with Crippen molar-refractivity contribution in [2.24, 2.45) is 175 Å². The average molecular weight is 2210 g/mol. The van der Waals surface area contributed by atoms with Crippen LogP contribution in [-0.4, -0.2) is 124 Å². The van der Waals surface area contributed by atoms with E-state index in [1.165, 1.54) is 176 Å². The summed E-state index contributed by atoms with van der Waals surface area (Å²) in [4.78, 5) is 11.2. The number of hydrogen-bond acceptors (Lipinski definition) is 13. The summed E-state index contributed by atoms with van der Waals surface area (Å²) >= 11 is 13.5. The third kappa shape index (κ3) is 83.1. The number of rotatable bonds is 84. The van der Waals surface area contributed by atoms with Crippen LogP contribution < -0.4 is 0 Å². The van der Waals surface area contributed by atoms with Gasteiger partial charge in [0.05, 0.1) is 72.7 Å². The van der Waals surface area contributed by atoms with E-state index in [0.29, 0.717) is 147 Å². The first-order valence-corrected chi connectivity index (χ1v) is 69.0. The van der Waals surface area contributed by atoms with Crippen molar-refractivity contribution >= 4 is 70.6 Å². The lowest BCUT2D eigenvalue weighted by Gasteiger charge is -2.39. The van der Waals surface area contributed by atoms with Crippen LogP contribution in [0.4, 0.5) is 0 Å². The lowest BCUT2D eigenvalue weighted by molar-refractivity contribution is -0.316. The first-order chi connectivity index (χ1) is 68.0. The summed E-state index contributed by atoms with van der Waals surface area (Å²) in [5, 5.41) is 5.51. The Bertz CT molecular complexity index is 2660. The zero-order valence-electron chi connectivity index (χ0n) is 112. The first-order valence-electron chi connectivity index (χ1n) is 63.0. The summed E-state index contributed by atoms with van der Waals surface area (Å²) in [5.41, 5.74) is 1.63. The quantitative estimate of drug-likeness (QED) is 0.0252. The van der Waals surface area contributed by atoms with E-state index in [2.05, 4.69) is 472 Å². The Balaban J connectivity index is -0.000000410. The number of thioether (sulfide) groups is 6. The monoisotopic (exact) mass is 2210 g/mol. The van der Waals surface area contributed by atoms with Crippen LogP contribution in [0.5, 0.6) is 0 Å². The van der Waals surface area contributed by atoms with E-state index in [1.54, 1.807) is 0 Å². The van der Waals surface area contributed by atoms with Crippen LogP contribution in [0.1, 0.15) is 569 Å². The molecule has 0 aromatic carbocycles. The summed E-state index contributed by atoms with van der Waals surface area (Å²) < 4.78 is 32.1. The standard InChI is InChI=1S/C26H54O3.C24H50O2.C23H48S2.C22H46O2.C21H44S2.C19H40S2/c1-11-25(15-21(3)4,16-22(5)6)19-27-13-14-28-29-20-26(12-2,17-23(7)8)18-24(9)10;1-11-23(21(7)8,15-19(3)4)17-25-13-14-26-18-24(12-2,22(9)10)16-20(5)6;1-11-22(13-18(3)4,14-19(5)6)24-17-25-23(12-2,15-20(7)8)16-21(9)10;1-17(2)13-21(9,19(5)6)15-23-11-12-24-16-22(10,20(7)8)14-18(3)4;1-16(2)11-20(9,12-17(3)4)22-15-23-21(10,13-18(5)6)14-19(7)8;1-14(2)9-18(10-15(3)4)20-13-21-19(11-16(5)6)12-17(7)8/h21-24H,11-20H2,1-10H3;19-22H,11-18H2,1-10H3;18-21H,11-17H2,1-10H3;17-20H,11-16H2,1-10H3;16-19H,11-15H2,1-10H3;14-19H,9-13H2,1-8H3. The Kier molecular flexibility index (Phi) is 93.8. The van der Waals surface area contributed by atoms with Crippen molar-refractivity contribution in [1.82, 2.24) is 0 Å². The molecule has 4 unspecified atom stereocenters. The molecule has 0 aliphatic carbocycles. The van der Waals surface area contributed by atoms with Crippen LogP contribution in [-0.2, 0) is 33.5 Å². The molecule has 7 nitrogen and oxygen atoms in total. The minimum Gasteiger partial charge on any atom is -0.378 e. The molecule has 0 rings (SSSR count). The van der Waals surface area contributed by atoms with Gasteiger partial charge < -0.3 is 23.7 Å². The van der Waals surface area contributed by atoms with Crippen LogP contribution in [0.15, 0.2) is 0 Å². The van der Waals surface area contributed by atoms with Gasteiger partial charge in [0, 0.05) is 44.7 Å². The van der Waals surface area contributed by atoms with E-state index in [9.17, 15) is 0 Å². The summed E-state index contributed by atoms with van der Waals surface area (Å²) in [7, 11) is 0. The van der Waals surface area contributed by atoms with Gasteiger partial charge in [-0.15, -0.1) is 70.6 Å². The molecule has 13 heteroatoms. The van der Waals surface area contributed by atoms with Gasteiger partial charge >= 0.3 is 0 Å².